The zero-order chi connectivity index (χ0) is 16.8. The van der Waals surface area contributed by atoms with E-state index in [9.17, 15) is 9.59 Å². The fourth-order valence-electron chi connectivity index (χ4n) is 1.76. The molecule has 22 heavy (non-hydrogen) atoms. The summed E-state index contributed by atoms with van der Waals surface area (Å²) in [7, 11) is 1.57. The molecular formula is C15H22ClNO4S. The summed E-state index contributed by atoms with van der Waals surface area (Å²) in [6, 6.07) is 1.29. The van der Waals surface area contributed by atoms with Gasteiger partial charge in [-0.1, -0.05) is 11.6 Å². The average Bonchev–Trinajstić information content (AvgIpc) is 2.80. The number of halogens is 1. The summed E-state index contributed by atoms with van der Waals surface area (Å²) in [6.07, 6.45) is 0.166. The molecule has 0 bridgehead atoms. The first kappa shape index (κ1) is 18.9. The van der Waals surface area contributed by atoms with Gasteiger partial charge in [-0.3, -0.25) is 4.79 Å². The molecule has 5 nitrogen and oxygen atoms in total. The number of hydrogen-bond donors (Lipinski definition) is 1. The highest BCUT2D eigenvalue weighted by Crippen LogP contribution is 2.21. The Kier molecular flexibility index (Phi) is 7.32. The van der Waals surface area contributed by atoms with E-state index < -0.39 is 11.7 Å². The molecule has 124 valence electrons. The molecule has 0 aliphatic carbocycles. The first-order valence-corrected chi connectivity index (χ1v) is 8.22. The summed E-state index contributed by atoms with van der Waals surface area (Å²) >= 11 is 7.15. The Labute approximate surface area is 139 Å². The van der Waals surface area contributed by atoms with Crippen LogP contribution in [0.15, 0.2) is 11.4 Å². The summed E-state index contributed by atoms with van der Waals surface area (Å²) < 4.78 is 10.8. The van der Waals surface area contributed by atoms with Gasteiger partial charge in [0.05, 0.1) is 4.34 Å². The van der Waals surface area contributed by atoms with Crippen LogP contribution in [0.5, 0.6) is 0 Å². The van der Waals surface area contributed by atoms with Gasteiger partial charge in [-0.05, 0) is 33.3 Å². The number of methoxy groups -OCH3 is 1. The minimum Gasteiger partial charge on any atom is -0.444 e. The smallest absolute Gasteiger partial charge is 0.407 e. The Morgan fingerprint density at radius 2 is 2.09 bits per heavy atom. The third-order valence-electron chi connectivity index (χ3n) is 2.71. The van der Waals surface area contributed by atoms with Crippen LogP contribution in [0.4, 0.5) is 4.79 Å². The lowest BCUT2D eigenvalue weighted by atomic mass is 10.0. The molecule has 0 radical (unpaired) electrons. The second-order valence-electron chi connectivity index (χ2n) is 5.89. The SMILES string of the molecule is COCCC(CC(=O)c1csc(Cl)c1)NC(=O)OC(C)(C)C. The van der Waals surface area contributed by atoms with Gasteiger partial charge in [0.15, 0.2) is 5.78 Å². The van der Waals surface area contributed by atoms with Crippen molar-refractivity contribution in [3.05, 3.63) is 21.3 Å². The molecular weight excluding hydrogens is 326 g/mol. The summed E-state index contributed by atoms with van der Waals surface area (Å²) in [5, 5.41) is 4.44. The highest BCUT2D eigenvalue weighted by Gasteiger charge is 2.22. The Bertz CT molecular complexity index is 510. The van der Waals surface area contributed by atoms with Crippen LogP contribution < -0.4 is 5.32 Å². The Balaban J connectivity index is 2.63. The van der Waals surface area contributed by atoms with Crippen molar-refractivity contribution in [1.29, 1.82) is 0 Å². The van der Waals surface area contributed by atoms with E-state index >= 15 is 0 Å². The summed E-state index contributed by atoms with van der Waals surface area (Å²) in [4.78, 5) is 24.1. The first-order valence-electron chi connectivity index (χ1n) is 6.97. The molecule has 0 aliphatic rings. The van der Waals surface area contributed by atoms with E-state index in [2.05, 4.69) is 5.32 Å². The molecule has 1 aromatic rings. The maximum Gasteiger partial charge on any atom is 0.407 e. The van der Waals surface area contributed by atoms with E-state index in [1.807, 2.05) is 0 Å². The van der Waals surface area contributed by atoms with Crippen molar-refractivity contribution < 1.29 is 19.1 Å². The number of carbonyl (C=O) groups excluding carboxylic acids is 2. The van der Waals surface area contributed by atoms with Crippen molar-refractivity contribution in [2.45, 2.75) is 45.3 Å². The van der Waals surface area contributed by atoms with Crippen LogP contribution in [-0.4, -0.2) is 37.2 Å². The Hall–Kier alpha value is -1.11. The van der Waals surface area contributed by atoms with E-state index in [-0.39, 0.29) is 18.2 Å². The van der Waals surface area contributed by atoms with Gasteiger partial charge >= 0.3 is 6.09 Å². The lowest BCUT2D eigenvalue weighted by molar-refractivity contribution is 0.0490. The third kappa shape index (κ3) is 7.24. The van der Waals surface area contributed by atoms with Crippen LogP contribution >= 0.6 is 22.9 Å². The summed E-state index contributed by atoms with van der Waals surface area (Å²) in [6.45, 7) is 5.80. The van der Waals surface area contributed by atoms with Gasteiger partial charge in [0.1, 0.15) is 5.60 Å². The standard InChI is InChI=1S/C15H22ClNO4S/c1-15(2,3)21-14(19)17-11(5-6-20-4)8-12(18)10-7-13(16)22-9-10/h7,9,11H,5-6,8H2,1-4H3,(H,17,19). The molecule has 0 spiro atoms. The van der Waals surface area contributed by atoms with Crippen LogP contribution in [0.1, 0.15) is 44.0 Å². The molecule has 1 aromatic heterocycles. The fourth-order valence-corrected chi connectivity index (χ4v) is 2.64. The monoisotopic (exact) mass is 347 g/mol. The minimum atomic E-state index is -0.583. The first-order chi connectivity index (χ1) is 10.2. The number of Topliss-reactive ketones (excluding diaryl/α,β-unsaturated/α-hetero) is 1. The minimum absolute atomic E-state index is 0.0692. The highest BCUT2D eigenvalue weighted by atomic mass is 35.5. The van der Waals surface area contributed by atoms with Crippen LogP contribution in [0.2, 0.25) is 4.34 Å². The number of thiophene rings is 1. The maximum atomic E-state index is 12.2. The second-order valence-corrected chi connectivity index (χ2v) is 7.43. The number of nitrogens with one attached hydrogen (secondary N) is 1. The van der Waals surface area contributed by atoms with Crippen LogP contribution in [0.3, 0.4) is 0 Å². The zero-order valence-electron chi connectivity index (χ0n) is 13.3. The van der Waals surface area contributed by atoms with Gasteiger partial charge in [-0.2, -0.15) is 0 Å². The number of ketones is 1. The molecule has 0 aliphatic heterocycles. The van der Waals surface area contributed by atoms with Crippen molar-refractivity contribution in [3.63, 3.8) is 0 Å². The normalized spacial score (nSPS) is 12.8. The van der Waals surface area contributed by atoms with Crippen molar-refractivity contribution in [3.8, 4) is 0 Å². The van der Waals surface area contributed by atoms with Crippen LogP contribution in [0.25, 0.3) is 0 Å². The van der Waals surface area contributed by atoms with E-state index in [1.54, 1.807) is 39.3 Å². The van der Waals surface area contributed by atoms with Gasteiger partial charge in [0.2, 0.25) is 0 Å². The number of hydrogen-bond acceptors (Lipinski definition) is 5. The number of carbonyl (C=O) groups is 2. The fraction of sp³-hybridized carbons (Fsp3) is 0.600. The highest BCUT2D eigenvalue weighted by molar-refractivity contribution is 7.14. The predicted octanol–water partition coefficient (Wildman–Crippen LogP) is 3.90. The predicted molar refractivity (Wildman–Crippen MR) is 87.9 cm³/mol. The Morgan fingerprint density at radius 3 is 2.59 bits per heavy atom. The van der Waals surface area contributed by atoms with Crippen molar-refractivity contribution in [1.82, 2.24) is 5.32 Å². The van der Waals surface area contributed by atoms with Crippen LogP contribution in [0, 0.1) is 0 Å². The second kappa shape index (κ2) is 8.50. The number of rotatable bonds is 7. The molecule has 0 saturated heterocycles. The molecule has 7 heteroatoms. The number of ether oxygens (including phenoxy) is 2. The molecule has 1 atom stereocenters. The molecule has 0 saturated carbocycles. The molecule has 0 fully saturated rings. The molecule has 1 N–H and O–H groups in total. The lowest BCUT2D eigenvalue weighted by Crippen LogP contribution is -2.40. The largest absolute Gasteiger partial charge is 0.444 e. The topological polar surface area (TPSA) is 64.6 Å². The summed E-state index contributed by atoms with van der Waals surface area (Å²) in [5.41, 5.74) is -0.0238. The maximum absolute atomic E-state index is 12.2. The molecule has 0 aromatic carbocycles. The number of amides is 1. The van der Waals surface area contributed by atoms with Gasteiger partial charge in [-0.25, -0.2) is 4.79 Å². The van der Waals surface area contributed by atoms with Crippen molar-refractivity contribution in [2.75, 3.05) is 13.7 Å². The van der Waals surface area contributed by atoms with E-state index in [4.69, 9.17) is 21.1 Å². The quantitative estimate of drug-likeness (QED) is 0.759. The van der Waals surface area contributed by atoms with Gasteiger partial charge in [-0.15, -0.1) is 11.3 Å². The summed E-state index contributed by atoms with van der Waals surface area (Å²) in [5.74, 6) is -0.0692. The zero-order valence-corrected chi connectivity index (χ0v) is 14.8. The molecule has 1 heterocycles. The van der Waals surface area contributed by atoms with Gasteiger partial charge in [0.25, 0.3) is 0 Å². The number of alkyl carbamates (subject to hydrolysis) is 1. The van der Waals surface area contributed by atoms with E-state index in [0.29, 0.717) is 22.9 Å². The average molecular weight is 348 g/mol. The van der Waals surface area contributed by atoms with Crippen molar-refractivity contribution >= 4 is 34.8 Å². The Morgan fingerprint density at radius 1 is 1.41 bits per heavy atom. The van der Waals surface area contributed by atoms with E-state index in [1.165, 1.54) is 11.3 Å². The van der Waals surface area contributed by atoms with E-state index in [0.717, 1.165) is 0 Å². The van der Waals surface area contributed by atoms with Crippen LogP contribution in [-0.2, 0) is 9.47 Å². The lowest BCUT2D eigenvalue weighted by Gasteiger charge is -2.23. The molecule has 1 amide bonds. The molecule has 1 unspecified atom stereocenters. The van der Waals surface area contributed by atoms with Gasteiger partial charge in [0, 0.05) is 37.1 Å². The molecule has 1 rings (SSSR count). The van der Waals surface area contributed by atoms with Crippen molar-refractivity contribution in [2.24, 2.45) is 0 Å². The van der Waals surface area contributed by atoms with Gasteiger partial charge < -0.3 is 14.8 Å². The third-order valence-corrected chi connectivity index (χ3v) is 3.80.